The quantitative estimate of drug-likeness (QED) is 0.540. The van der Waals surface area contributed by atoms with Crippen LogP contribution >= 0.6 is 0 Å². The fourth-order valence-electron chi connectivity index (χ4n) is 6.25. The van der Waals surface area contributed by atoms with Gasteiger partial charge in [0, 0.05) is 0 Å². The molecular weight excluding hydrogens is 204 g/mol. The van der Waals surface area contributed by atoms with Gasteiger partial charge in [-0.3, -0.25) is 0 Å². The fraction of sp³-hybridized carbons (Fsp3) is 1.00. The zero-order valence-electron chi connectivity index (χ0n) is 11.3. The van der Waals surface area contributed by atoms with Crippen molar-refractivity contribution in [2.24, 2.45) is 29.1 Å². The van der Waals surface area contributed by atoms with E-state index in [1.165, 1.54) is 24.7 Å². The molecular formula is C17H28. The van der Waals surface area contributed by atoms with Crippen LogP contribution in [0.5, 0.6) is 0 Å². The summed E-state index contributed by atoms with van der Waals surface area (Å²) >= 11 is 0. The van der Waals surface area contributed by atoms with E-state index in [9.17, 15) is 0 Å². The number of hydrogen-bond donors (Lipinski definition) is 0. The molecule has 17 heavy (non-hydrogen) atoms. The predicted octanol–water partition coefficient (Wildman–Crippen LogP) is 5.17. The largest absolute Gasteiger partial charge is 0.0533 e. The summed E-state index contributed by atoms with van der Waals surface area (Å²) in [5.41, 5.74) is 0.913. The van der Waals surface area contributed by atoms with Crippen molar-refractivity contribution in [2.75, 3.05) is 0 Å². The first-order valence-corrected chi connectivity index (χ1v) is 8.40. The van der Waals surface area contributed by atoms with Crippen molar-refractivity contribution < 1.29 is 0 Å². The Morgan fingerprint density at radius 2 is 1.35 bits per heavy atom. The van der Waals surface area contributed by atoms with Gasteiger partial charge in [-0.25, -0.2) is 0 Å². The molecule has 0 aromatic rings. The highest BCUT2D eigenvalue weighted by molar-refractivity contribution is 5.13. The lowest BCUT2D eigenvalue weighted by Crippen LogP contribution is -2.25. The van der Waals surface area contributed by atoms with Gasteiger partial charge >= 0.3 is 0 Å². The molecule has 4 fully saturated rings. The lowest BCUT2D eigenvalue weighted by atomic mass is 9.73. The third-order valence-electron chi connectivity index (χ3n) is 6.97. The molecule has 0 aliphatic heterocycles. The second-order valence-electron chi connectivity index (χ2n) is 7.64. The second kappa shape index (κ2) is 4.00. The van der Waals surface area contributed by atoms with Crippen LogP contribution in [0.25, 0.3) is 0 Å². The molecule has 0 nitrogen and oxygen atoms in total. The normalized spacial score (nSPS) is 53.6. The van der Waals surface area contributed by atoms with Crippen LogP contribution in [0.2, 0.25) is 0 Å². The van der Waals surface area contributed by atoms with Gasteiger partial charge in [0.1, 0.15) is 0 Å². The maximum atomic E-state index is 1.64. The van der Waals surface area contributed by atoms with Crippen LogP contribution in [0.3, 0.4) is 0 Å². The van der Waals surface area contributed by atoms with Crippen molar-refractivity contribution in [3.63, 3.8) is 0 Å². The van der Waals surface area contributed by atoms with Gasteiger partial charge in [-0.15, -0.1) is 0 Å². The van der Waals surface area contributed by atoms with E-state index < -0.39 is 0 Å². The molecule has 1 spiro atoms. The Hall–Kier alpha value is 0. The van der Waals surface area contributed by atoms with Crippen molar-refractivity contribution in [1.29, 1.82) is 0 Å². The lowest BCUT2D eigenvalue weighted by Gasteiger charge is -2.32. The van der Waals surface area contributed by atoms with Crippen LogP contribution in [0.1, 0.15) is 77.0 Å². The van der Waals surface area contributed by atoms with Crippen LogP contribution < -0.4 is 0 Å². The lowest BCUT2D eigenvalue weighted by molar-refractivity contribution is 0.166. The van der Waals surface area contributed by atoms with Crippen LogP contribution in [-0.2, 0) is 0 Å². The first-order valence-electron chi connectivity index (χ1n) is 8.40. The zero-order valence-corrected chi connectivity index (χ0v) is 11.3. The van der Waals surface area contributed by atoms with E-state index in [0.29, 0.717) is 0 Å². The molecule has 5 unspecified atom stereocenters. The first kappa shape index (κ1) is 10.9. The fourth-order valence-corrected chi connectivity index (χ4v) is 6.25. The summed E-state index contributed by atoms with van der Waals surface area (Å²) in [6.07, 6.45) is 19.0. The van der Waals surface area contributed by atoms with Crippen LogP contribution in [-0.4, -0.2) is 0 Å². The number of rotatable bonds is 0. The third kappa shape index (κ3) is 1.62. The first-order chi connectivity index (χ1) is 8.40. The molecule has 4 aliphatic carbocycles. The molecule has 0 bridgehead atoms. The SMILES string of the molecule is C1CCCC2CCC34CC3CCCC(CC1)C24. The van der Waals surface area contributed by atoms with Crippen LogP contribution in [0.15, 0.2) is 0 Å². The Morgan fingerprint density at radius 1 is 0.647 bits per heavy atom. The van der Waals surface area contributed by atoms with Crippen molar-refractivity contribution in [3.8, 4) is 0 Å². The summed E-state index contributed by atoms with van der Waals surface area (Å²) < 4.78 is 0. The zero-order chi connectivity index (χ0) is 11.3. The summed E-state index contributed by atoms with van der Waals surface area (Å²) in [7, 11) is 0. The average Bonchev–Trinajstić information content (AvgIpc) is 2.89. The molecule has 0 aromatic carbocycles. The molecule has 96 valence electrons. The minimum atomic E-state index is 0.913. The minimum absolute atomic E-state index is 0.913. The molecule has 4 rings (SSSR count). The van der Waals surface area contributed by atoms with Gasteiger partial charge in [0.2, 0.25) is 0 Å². The van der Waals surface area contributed by atoms with Crippen LogP contribution in [0, 0.1) is 29.1 Å². The maximum Gasteiger partial charge on any atom is -0.0232 e. The van der Waals surface area contributed by atoms with Gasteiger partial charge in [-0.1, -0.05) is 51.4 Å². The molecule has 0 heterocycles. The monoisotopic (exact) mass is 232 g/mol. The van der Waals surface area contributed by atoms with Gasteiger partial charge in [-0.05, 0) is 54.8 Å². The summed E-state index contributed by atoms with van der Waals surface area (Å²) in [4.78, 5) is 0. The Morgan fingerprint density at radius 3 is 2.18 bits per heavy atom. The van der Waals surface area contributed by atoms with Gasteiger partial charge in [0.25, 0.3) is 0 Å². The molecule has 0 saturated heterocycles. The van der Waals surface area contributed by atoms with E-state index in [4.69, 9.17) is 0 Å². The van der Waals surface area contributed by atoms with E-state index in [0.717, 1.165) is 17.3 Å². The summed E-state index contributed by atoms with van der Waals surface area (Å²) in [5, 5.41) is 0. The molecule has 0 heteroatoms. The van der Waals surface area contributed by atoms with E-state index in [2.05, 4.69) is 0 Å². The highest BCUT2D eigenvalue weighted by Gasteiger charge is 2.64. The average molecular weight is 232 g/mol. The molecule has 0 amide bonds. The Bertz CT molecular complexity index is 294. The predicted molar refractivity (Wildman–Crippen MR) is 71.8 cm³/mol. The van der Waals surface area contributed by atoms with Crippen molar-refractivity contribution >= 4 is 0 Å². The standard InChI is InChI=1S/C17H28/c1-2-4-7-14-10-11-17-12-15(17)9-5-8-13(6-3-1)16(14)17/h13-16H,1-12H2. The van der Waals surface area contributed by atoms with Gasteiger partial charge < -0.3 is 0 Å². The summed E-state index contributed by atoms with van der Waals surface area (Å²) in [6.45, 7) is 0. The van der Waals surface area contributed by atoms with Crippen molar-refractivity contribution in [2.45, 2.75) is 77.0 Å². The van der Waals surface area contributed by atoms with Gasteiger partial charge in [0.05, 0.1) is 0 Å². The third-order valence-corrected chi connectivity index (χ3v) is 6.97. The molecule has 4 saturated carbocycles. The highest BCUT2D eigenvalue weighted by atomic mass is 14.7. The molecule has 4 aliphatic rings. The van der Waals surface area contributed by atoms with E-state index in [1.54, 1.807) is 64.2 Å². The molecule has 0 radical (unpaired) electrons. The summed E-state index contributed by atoms with van der Waals surface area (Å²) in [6, 6.07) is 0. The summed E-state index contributed by atoms with van der Waals surface area (Å²) in [5.74, 6) is 4.67. The smallest absolute Gasteiger partial charge is 0.0232 e. The molecule has 5 atom stereocenters. The second-order valence-corrected chi connectivity index (χ2v) is 7.64. The van der Waals surface area contributed by atoms with Crippen molar-refractivity contribution in [3.05, 3.63) is 0 Å². The van der Waals surface area contributed by atoms with E-state index >= 15 is 0 Å². The van der Waals surface area contributed by atoms with E-state index in [-0.39, 0.29) is 0 Å². The maximum absolute atomic E-state index is 1.64. The highest BCUT2D eigenvalue weighted by Crippen LogP contribution is 2.73. The number of hydrogen-bond acceptors (Lipinski definition) is 0. The molecule has 0 aromatic heterocycles. The van der Waals surface area contributed by atoms with Gasteiger partial charge in [-0.2, -0.15) is 0 Å². The Balaban J connectivity index is 1.64. The Labute approximate surface area is 107 Å². The minimum Gasteiger partial charge on any atom is -0.0533 e. The molecule has 0 N–H and O–H groups in total. The van der Waals surface area contributed by atoms with Gasteiger partial charge in [0.15, 0.2) is 0 Å². The van der Waals surface area contributed by atoms with Crippen LogP contribution in [0.4, 0.5) is 0 Å². The topological polar surface area (TPSA) is 0 Å². The Kier molecular flexibility index (Phi) is 2.56. The van der Waals surface area contributed by atoms with Crippen molar-refractivity contribution in [1.82, 2.24) is 0 Å². The van der Waals surface area contributed by atoms with E-state index in [1.807, 2.05) is 0 Å².